The summed E-state index contributed by atoms with van der Waals surface area (Å²) >= 11 is 0. The van der Waals surface area contributed by atoms with Gasteiger partial charge in [0.2, 0.25) is 0 Å². The van der Waals surface area contributed by atoms with Crippen molar-refractivity contribution in [3.05, 3.63) is 206 Å². The summed E-state index contributed by atoms with van der Waals surface area (Å²) in [6.45, 7) is 0. The second kappa shape index (κ2) is 13.8. The van der Waals surface area contributed by atoms with E-state index in [9.17, 15) is 0 Å². The Balaban J connectivity index is 1.17. The number of hydrogen-bond acceptors (Lipinski definition) is 3. The van der Waals surface area contributed by atoms with Crippen molar-refractivity contribution in [2.45, 2.75) is 0 Å². The lowest BCUT2D eigenvalue weighted by atomic mass is 9.98. The maximum Gasteiger partial charge on any atom is 0.164 e. The molecule has 258 valence electrons. The zero-order chi connectivity index (χ0) is 36.6. The standard InChI is InChI=1S/C51H34N4/c1-5-15-35(16-6-1)38-25-27-40(28-26-38)50-52-49(39-21-11-4-12-22-39)53-51(54-50)41-29-30-46-45-23-13-14-24-47(45)55(48(46)34-41)44-32-42(36-17-7-2-8-18-36)31-43(33-44)37-19-9-3-10-20-37/h1-34H. The van der Waals surface area contributed by atoms with Gasteiger partial charge in [0.1, 0.15) is 0 Å². The molecule has 10 rings (SSSR count). The average molecular weight is 703 g/mol. The van der Waals surface area contributed by atoms with E-state index in [0.717, 1.165) is 50.1 Å². The number of nitrogens with zero attached hydrogens (tertiary/aromatic N) is 4. The third-order valence-corrected chi connectivity index (χ3v) is 10.2. The fourth-order valence-corrected chi connectivity index (χ4v) is 7.52. The third kappa shape index (κ3) is 6.16. The van der Waals surface area contributed by atoms with Crippen LogP contribution >= 0.6 is 0 Å². The smallest absolute Gasteiger partial charge is 0.164 e. The minimum absolute atomic E-state index is 0.623. The summed E-state index contributed by atoms with van der Waals surface area (Å²) in [6, 6.07) is 72.4. The van der Waals surface area contributed by atoms with Crippen LogP contribution in [0, 0.1) is 0 Å². The van der Waals surface area contributed by atoms with E-state index in [4.69, 9.17) is 15.0 Å². The Bertz CT molecular complexity index is 2880. The first-order valence-corrected chi connectivity index (χ1v) is 18.5. The van der Waals surface area contributed by atoms with E-state index in [1.165, 1.54) is 27.5 Å². The first-order chi connectivity index (χ1) is 27.2. The lowest BCUT2D eigenvalue weighted by Gasteiger charge is -2.14. The fraction of sp³-hybridized carbons (Fsp3) is 0. The number of fused-ring (bicyclic) bond motifs is 3. The van der Waals surface area contributed by atoms with Crippen LogP contribution in [0.25, 0.3) is 95.0 Å². The summed E-state index contributed by atoms with van der Waals surface area (Å²) in [5.74, 6) is 1.89. The Morgan fingerprint density at radius 2 is 0.636 bits per heavy atom. The van der Waals surface area contributed by atoms with Crippen molar-refractivity contribution >= 4 is 21.8 Å². The lowest BCUT2D eigenvalue weighted by Crippen LogP contribution is -2.00. The van der Waals surface area contributed by atoms with Gasteiger partial charge in [-0.25, -0.2) is 15.0 Å². The molecule has 10 aromatic rings. The molecule has 0 aliphatic rings. The zero-order valence-corrected chi connectivity index (χ0v) is 29.9. The van der Waals surface area contributed by atoms with Crippen molar-refractivity contribution in [2.75, 3.05) is 0 Å². The molecule has 0 spiro atoms. The van der Waals surface area contributed by atoms with Crippen LogP contribution in [0.1, 0.15) is 0 Å². The van der Waals surface area contributed by atoms with Crippen LogP contribution in [0.4, 0.5) is 0 Å². The number of rotatable bonds is 7. The van der Waals surface area contributed by atoms with Crippen molar-refractivity contribution in [3.63, 3.8) is 0 Å². The van der Waals surface area contributed by atoms with Crippen LogP contribution in [0.15, 0.2) is 206 Å². The lowest BCUT2D eigenvalue weighted by molar-refractivity contribution is 1.07. The van der Waals surface area contributed by atoms with E-state index in [0.29, 0.717) is 17.5 Å². The van der Waals surface area contributed by atoms with Gasteiger partial charge in [0.25, 0.3) is 0 Å². The molecule has 0 fully saturated rings. The number of hydrogen-bond donors (Lipinski definition) is 0. The van der Waals surface area contributed by atoms with Gasteiger partial charge in [-0.05, 0) is 63.7 Å². The van der Waals surface area contributed by atoms with Crippen LogP contribution in [0.2, 0.25) is 0 Å². The second-order valence-electron chi connectivity index (χ2n) is 13.7. The maximum absolute atomic E-state index is 5.14. The van der Waals surface area contributed by atoms with Crippen molar-refractivity contribution in [2.24, 2.45) is 0 Å². The molecular formula is C51H34N4. The van der Waals surface area contributed by atoms with Gasteiger partial charge in [0, 0.05) is 33.2 Å². The highest BCUT2D eigenvalue weighted by atomic mass is 15.0. The molecule has 0 amide bonds. The summed E-state index contributed by atoms with van der Waals surface area (Å²) in [7, 11) is 0. The molecule has 55 heavy (non-hydrogen) atoms. The zero-order valence-electron chi connectivity index (χ0n) is 29.9. The van der Waals surface area contributed by atoms with Crippen molar-refractivity contribution in [1.29, 1.82) is 0 Å². The van der Waals surface area contributed by atoms with E-state index in [1.54, 1.807) is 0 Å². The van der Waals surface area contributed by atoms with Crippen molar-refractivity contribution in [1.82, 2.24) is 19.5 Å². The summed E-state index contributed by atoms with van der Waals surface area (Å²) in [4.78, 5) is 15.3. The molecule has 0 unspecified atom stereocenters. The van der Waals surface area contributed by atoms with Crippen molar-refractivity contribution < 1.29 is 0 Å². The largest absolute Gasteiger partial charge is 0.309 e. The van der Waals surface area contributed by atoms with E-state index in [-0.39, 0.29) is 0 Å². The predicted molar refractivity (Wildman–Crippen MR) is 227 cm³/mol. The number of para-hydroxylation sites is 1. The molecule has 2 aromatic heterocycles. The molecular weight excluding hydrogens is 669 g/mol. The summed E-state index contributed by atoms with van der Waals surface area (Å²) in [5.41, 5.74) is 13.1. The Morgan fingerprint density at radius 1 is 0.255 bits per heavy atom. The second-order valence-corrected chi connectivity index (χ2v) is 13.7. The molecule has 0 aliphatic heterocycles. The molecule has 0 saturated carbocycles. The predicted octanol–water partition coefficient (Wildman–Crippen LogP) is 13.0. The van der Waals surface area contributed by atoms with Gasteiger partial charge in [-0.3, -0.25) is 0 Å². The van der Waals surface area contributed by atoms with Crippen molar-refractivity contribution in [3.8, 4) is 73.2 Å². The van der Waals surface area contributed by atoms with Gasteiger partial charge in [-0.15, -0.1) is 0 Å². The van der Waals surface area contributed by atoms with E-state index in [2.05, 4.69) is 174 Å². The van der Waals surface area contributed by atoms with Crippen LogP contribution in [-0.4, -0.2) is 19.5 Å². The normalized spacial score (nSPS) is 11.3. The van der Waals surface area contributed by atoms with Crippen LogP contribution in [-0.2, 0) is 0 Å². The molecule has 4 heteroatoms. The topological polar surface area (TPSA) is 43.6 Å². The van der Waals surface area contributed by atoms with Gasteiger partial charge in [-0.1, -0.05) is 176 Å². The fourth-order valence-electron chi connectivity index (χ4n) is 7.52. The Kier molecular flexibility index (Phi) is 8.12. The van der Waals surface area contributed by atoms with Crippen LogP contribution < -0.4 is 0 Å². The third-order valence-electron chi connectivity index (χ3n) is 10.2. The van der Waals surface area contributed by atoms with Crippen LogP contribution in [0.5, 0.6) is 0 Å². The van der Waals surface area contributed by atoms with E-state index in [1.807, 2.05) is 36.4 Å². The molecule has 0 saturated heterocycles. The van der Waals surface area contributed by atoms with Crippen LogP contribution in [0.3, 0.4) is 0 Å². The first kappa shape index (κ1) is 32.2. The monoisotopic (exact) mass is 702 g/mol. The van der Waals surface area contributed by atoms with Gasteiger partial charge in [0.05, 0.1) is 11.0 Å². The molecule has 8 aromatic carbocycles. The molecule has 0 atom stereocenters. The minimum Gasteiger partial charge on any atom is -0.309 e. The van der Waals surface area contributed by atoms with E-state index < -0.39 is 0 Å². The van der Waals surface area contributed by atoms with Gasteiger partial charge in [-0.2, -0.15) is 0 Å². The van der Waals surface area contributed by atoms with Gasteiger partial charge in [0.15, 0.2) is 17.5 Å². The average Bonchev–Trinajstić information content (AvgIpc) is 3.61. The Labute approximate surface area is 319 Å². The van der Waals surface area contributed by atoms with E-state index >= 15 is 0 Å². The Hall–Kier alpha value is -7.43. The molecule has 0 aliphatic carbocycles. The van der Waals surface area contributed by atoms with Gasteiger partial charge >= 0.3 is 0 Å². The summed E-state index contributed by atoms with van der Waals surface area (Å²) in [5, 5.41) is 2.36. The van der Waals surface area contributed by atoms with Gasteiger partial charge < -0.3 is 4.57 Å². The number of aromatic nitrogens is 4. The number of benzene rings is 8. The summed E-state index contributed by atoms with van der Waals surface area (Å²) < 4.78 is 2.38. The highest BCUT2D eigenvalue weighted by Gasteiger charge is 2.18. The molecule has 0 radical (unpaired) electrons. The quantitative estimate of drug-likeness (QED) is 0.166. The first-order valence-electron chi connectivity index (χ1n) is 18.5. The highest BCUT2D eigenvalue weighted by Crippen LogP contribution is 2.38. The molecule has 2 heterocycles. The highest BCUT2D eigenvalue weighted by molar-refractivity contribution is 6.10. The SMILES string of the molecule is c1ccc(-c2ccc(-c3nc(-c4ccccc4)nc(-c4ccc5c6ccccc6n(-c6cc(-c7ccccc7)cc(-c7ccccc7)c6)c5c4)n3)cc2)cc1. The summed E-state index contributed by atoms with van der Waals surface area (Å²) in [6.07, 6.45) is 0. The Morgan fingerprint density at radius 3 is 1.20 bits per heavy atom. The maximum atomic E-state index is 5.14. The minimum atomic E-state index is 0.623. The molecule has 0 bridgehead atoms. The molecule has 4 nitrogen and oxygen atoms in total. The molecule has 0 N–H and O–H groups in total.